The Labute approximate surface area is 211 Å². The van der Waals surface area contributed by atoms with Crippen molar-refractivity contribution in [1.29, 1.82) is 0 Å². The molecule has 0 saturated heterocycles. The Bertz CT molecular complexity index is 1450. The number of carboxylic acid groups (broad SMARTS) is 1. The van der Waals surface area contributed by atoms with Gasteiger partial charge < -0.3 is 30.5 Å². The average molecular weight is 507 g/mol. The number of hydrogen-bond acceptors (Lipinski definition) is 9. The van der Waals surface area contributed by atoms with Crippen molar-refractivity contribution in [1.82, 2.24) is 5.32 Å². The predicted octanol–water partition coefficient (Wildman–Crippen LogP) is 2.56. The SMILES string of the molecule is CC(=O)c1c(O)c(C)c(O)c2c1OC1=CC(=O)/C(=C(/C)N[C@@H](Cc3ccc(O)cc3)C(=O)O)C(=O)C12C. The molecule has 1 aliphatic heterocycles. The molecule has 37 heavy (non-hydrogen) atoms. The lowest BCUT2D eigenvalue weighted by molar-refractivity contribution is -0.139. The third kappa shape index (κ3) is 3.90. The van der Waals surface area contributed by atoms with Gasteiger partial charge in [0.2, 0.25) is 0 Å². The summed E-state index contributed by atoms with van der Waals surface area (Å²) < 4.78 is 5.72. The number of aliphatic carboxylic acids is 1. The van der Waals surface area contributed by atoms with Crippen LogP contribution in [0.3, 0.4) is 0 Å². The first-order valence-corrected chi connectivity index (χ1v) is 11.4. The molecule has 0 aromatic heterocycles. The number of carbonyl (C=O) groups is 4. The van der Waals surface area contributed by atoms with E-state index in [2.05, 4.69) is 5.32 Å². The molecule has 1 aliphatic carbocycles. The summed E-state index contributed by atoms with van der Waals surface area (Å²) in [6, 6.07) is 4.74. The van der Waals surface area contributed by atoms with Gasteiger partial charge in [-0.05, 0) is 45.4 Å². The quantitative estimate of drug-likeness (QED) is 0.222. The Morgan fingerprint density at radius 2 is 1.68 bits per heavy atom. The van der Waals surface area contributed by atoms with Crippen LogP contribution in [-0.4, -0.2) is 49.8 Å². The van der Waals surface area contributed by atoms with Gasteiger partial charge >= 0.3 is 5.97 Å². The molecule has 0 bridgehead atoms. The molecule has 2 aromatic carbocycles. The number of carboxylic acids is 1. The highest BCUT2D eigenvalue weighted by molar-refractivity contribution is 6.31. The lowest BCUT2D eigenvalue weighted by atomic mass is 9.70. The molecule has 2 atom stereocenters. The van der Waals surface area contributed by atoms with Gasteiger partial charge in [0.1, 0.15) is 45.8 Å². The van der Waals surface area contributed by atoms with Gasteiger partial charge in [0, 0.05) is 23.8 Å². The Morgan fingerprint density at radius 1 is 1.05 bits per heavy atom. The van der Waals surface area contributed by atoms with Gasteiger partial charge in [-0.25, -0.2) is 4.79 Å². The maximum absolute atomic E-state index is 13.8. The number of ether oxygens (including phenoxy) is 1. The fourth-order valence-electron chi connectivity index (χ4n) is 4.76. The van der Waals surface area contributed by atoms with E-state index in [0.717, 1.165) is 6.08 Å². The predicted molar refractivity (Wildman–Crippen MR) is 130 cm³/mol. The van der Waals surface area contributed by atoms with E-state index in [9.17, 15) is 39.6 Å². The molecule has 0 fully saturated rings. The van der Waals surface area contributed by atoms with Crippen LogP contribution in [0.25, 0.3) is 0 Å². The van der Waals surface area contributed by atoms with Gasteiger partial charge in [0.05, 0.1) is 11.1 Å². The van der Waals surface area contributed by atoms with Gasteiger partial charge in [-0.1, -0.05) is 12.1 Å². The minimum absolute atomic E-state index is 0.00581. The molecular weight excluding hydrogens is 482 g/mol. The molecule has 0 spiro atoms. The Hall–Kier alpha value is -4.60. The van der Waals surface area contributed by atoms with E-state index in [1.807, 2.05) is 0 Å². The van der Waals surface area contributed by atoms with Crippen molar-refractivity contribution in [3.8, 4) is 23.0 Å². The summed E-state index contributed by atoms with van der Waals surface area (Å²) in [6.07, 6.45) is 1.06. The minimum atomic E-state index is -1.70. The number of benzene rings is 2. The first-order chi connectivity index (χ1) is 17.3. The van der Waals surface area contributed by atoms with Crippen LogP contribution in [0.5, 0.6) is 23.0 Å². The topological polar surface area (TPSA) is 170 Å². The van der Waals surface area contributed by atoms with Crippen molar-refractivity contribution in [2.45, 2.75) is 45.6 Å². The van der Waals surface area contributed by atoms with E-state index >= 15 is 0 Å². The highest BCUT2D eigenvalue weighted by atomic mass is 16.5. The Kier molecular flexibility index (Phi) is 6.07. The molecule has 0 saturated carbocycles. The minimum Gasteiger partial charge on any atom is -0.508 e. The maximum Gasteiger partial charge on any atom is 0.326 e. The van der Waals surface area contributed by atoms with Crippen LogP contribution in [0, 0.1) is 6.92 Å². The summed E-state index contributed by atoms with van der Waals surface area (Å²) in [6.45, 7) is 5.41. The largest absolute Gasteiger partial charge is 0.508 e. The zero-order valence-corrected chi connectivity index (χ0v) is 20.5. The smallest absolute Gasteiger partial charge is 0.326 e. The number of carbonyl (C=O) groups excluding carboxylic acids is 3. The van der Waals surface area contributed by atoms with Crippen LogP contribution in [0.15, 0.2) is 47.4 Å². The third-order valence-electron chi connectivity index (χ3n) is 6.82. The van der Waals surface area contributed by atoms with Crippen molar-refractivity contribution < 1.29 is 44.3 Å². The number of ketones is 3. The second-order valence-corrected chi connectivity index (χ2v) is 9.29. The molecule has 0 radical (unpaired) electrons. The number of nitrogens with one attached hydrogen (secondary N) is 1. The van der Waals surface area contributed by atoms with Gasteiger partial charge in [0.15, 0.2) is 17.3 Å². The van der Waals surface area contributed by atoms with E-state index in [0.29, 0.717) is 5.56 Å². The number of Topliss-reactive ketones (excluding diaryl/α,β-unsaturated/α-hetero) is 2. The van der Waals surface area contributed by atoms with Gasteiger partial charge in [-0.2, -0.15) is 0 Å². The molecular formula is C27H25NO9. The normalized spacial score (nSPS) is 20.4. The Balaban J connectivity index is 1.80. The lowest BCUT2D eigenvalue weighted by Gasteiger charge is -2.29. The second kappa shape index (κ2) is 8.81. The molecule has 10 nitrogen and oxygen atoms in total. The molecule has 5 N–H and O–H groups in total. The summed E-state index contributed by atoms with van der Waals surface area (Å²) in [5.74, 6) is -4.53. The molecule has 1 heterocycles. The summed E-state index contributed by atoms with van der Waals surface area (Å²) in [7, 11) is 0. The molecule has 10 heteroatoms. The van der Waals surface area contributed by atoms with E-state index in [1.54, 1.807) is 12.1 Å². The molecule has 2 aliphatic rings. The average Bonchev–Trinajstić information content (AvgIpc) is 3.11. The standard InChI is InChI=1S/C27H25NO9/c1-11-22(32)20(13(3)29)24-21(23(11)33)27(4)18(37-24)10-17(31)19(25(27)34)12(2)28-16(26(35)36)9-14-5-7-15(30)8-6-14/h5-8,10,16,28,30,32-33H,9H2,1-4H3,(H,35,36)/b19-12+/t16-,27?/m0/s1. The monoisotopic (exact) mass is 507 g/mol. The number of rotatable bonds is 6. The van der Waals surface area contributed by atoms with Gasteiger partial charge in [-0.3, -0.25) is 14.4 Å². The Morgan fingerprint density at radius 3 is 2.24 bits per heavy atom. The summed E-state index contributed by atoms with van der Waals surface area (Å²) in [4.78, 5) is 51.1. The molecule has 192 valence electrons. The second-order valence-electron chi connectivity index (χ2n) is 9.29. The zero-order valence-electron chi connectivity index (χ0n) is 20.5. The number of aromatic hydroxyl groups is 3. The highest BCUT2D eigenvalue weighted by Crippen LogP contribution is 2.57. The first kappa shape index (κ1) is 25.5. The van der Waals surface area contributed by atoms with E-state index in [4.69, 9.17) is 4.74 Å². The lowest BCUT2D eigenvalue weighted by Crippen LogP contribution is -2.43. The number of allylic oxidation sites excluding steroid dienone is 4. The summed E-state index contributed by atoms with van der Waals surface area (Å²) in [5.41, 5.74) is -1.73. The van der Waals surface area contributed by atoms with Crippen LogP contribution in [0.1, 0.15) is 47.8 Å². The number of phenolic OH excluding ortho intramolecular Hbond substituents is 3. The molecule has 4 rings (SSSR count). The molecule has 1 unspecified atom stereocenters. The van der Waals surface area contributed by atoms with Crippen molar-refractivity contribution in [2.24, 2.45) is 0 Å². The van der Waals surface area contributed by atoms with Crippen molar-refractivity contribution in [2.75, 3.05) is 0 Å². The molecule has 2 aromatic rings. The van der Waals surface area contributed by atoms with Crippen LogP contribution in [0.4, 0.5) is 0 Å². The van der Waals surface area contributed by atoms with Crippen LogP contribution >= 0.6 is 0 Å². The van der Waals surface area contributed by atoms with Crippen LogP contribution in [-0.2, 0) is 26.2 Å². The highest BCUT2D eigenvalue weighted by Gasteiger charge is 2.56. The van der Waals surface area contributed by atoms with Crippen LogP contribution in [0.2, 0.25) is 0 Å². The van der Waals surface area contributed by atoms with Crippen molar-refractivity contribution in [3.63, 3.8) is 0 Å². The maximum atomic E-state index is 13.8. The fraction of sp³-hybridized carbons (Fsp3) is 0.259. The fourth-order valence-corrected chi connectivity index (χ4v) is 4.76. The summed E-state index contributed by atoms with van der Waals surface area (Å²) >= 11 is 0. The third-order valence-corrected chi connectivity index (χ3v) is 6.82. The van der Waals surface area contributed by atoms with Crippen molar-refractivity contribution >= 4 is 23.3 Å². The van der Waals surface area contributed by atoms with Gasteiger partial charge in [0.25, 0.3) is 0 Å². The molecule has 0 amide bonds. The van der Waals surface area contributed by atoms with Crippen molar-refractivity contribution in [3.05, 3.63) is 69.6 Å². The first-order valence-electron chi connectivity index (χ1n) is 11.4. The number of hydrogen-bond donors (Lipinski definition) is 5. The summed E-state index contributed by atoms with van der Waals surface area (Å²) in [5, 5.41) is 43.3. The number of phenols is 3. The van der Waals surface area contributed by atoms with E-state index in [1.165, 1.54) is 39.8 Å². The van der Waals surface area contributed by atoms with E-state index < -0.39 is 46.3 Å². The van der Waals surface area contributed by atoms with Gasteiger partial charge in [-0.15, -0.1) is 0 Å². The van der Waals surface area contributed by atoms with E-state index in [-0.39, 0.29) is 51.6 Å². The number of fused-ring (bicyclic) bond motifs is 3. The van der Waals surface area contributed by atoms with Crippen LogP contribution < -0.4 is 10.1 Å². The zero-order chi connectivity index (χ0) is 27.4.